The van der Waals surface area contributed by atoms with Gasteiger partial charge in [-0.25, -0.2) is 0 Å². The van der Waals surface area contributed by atoms with Gasteiger partial charge < -0.3 is 16.0 Å². The number of nitrogens with zero attached hydrogens (tertiary/aromatic N) is 1. The van der Waals surface area contributed by atoms with Crippen molar-refractivity contribution in [3.63, 3.8) is 0 Å². The first kappa shape index (κ1) is 15.7. The lowest BCUT2D eigenvalue weighted by Crippen LogP contribution is -2.12. The molecule has 1 aromatic carbocycles. The Bertz CT molecular complexity index is 1020. The molecule has 3 rings (SSSR count). The van der Waals surface area contributed by atoms with E-state index in [1.165, 1.54) is 30.3 Å². The summed E-state index contributed by atoms with van der Waals surface area (Å²) in [5, 5.41) is 13.9. The Hall–Kier alpha value is -3.20. The standard InChI is InChI=1S/C15H12N4O4S/c1-7-6-10(20)18-15-11(7)12(16)13(24-15)14(21)17-8-2-4-9(5-3-8)19(22)23/h2-6H,16H2,1H3,(H,17,21)(H,18,20). The van der Waals surface area contributed by atoms with E-state index in [1.807, 2.05) is 0 Å². The minimum atomic E-state index is -0.519. The molecule has 4 N–H and O–H groups in total. The molecular weight excluding hydrogens is 332 g/mol. The molecular formula is C15H12N4O4S. The van der Waals surface area contributed by atoms with E-state index in [-0.39, 0.29) is 16.1 Å². The maximum absolute atomic E-state index is 12.4. The first-order chi connectivity index (χ1) is 11.4. The summed E-state index contributed by atoms with van der Waals surface area (Å²) >= 11 is 1.09. The predicted molar refractivity (Wildman–Crippen MR) is 92.6 cm³/mol. The summed E-state index contributed by atoms with van der Waals surface area (Å²) in [4.78, 5) is 37.5. The molecule has 0 aliphatic rings. The van der Waals surface area contributed by atoms with E-state index < -0.39 is 10.8 Å². The fourth-order valence-corrected chi connectivity index (χ4v) is 3.45. The average molecular weight is 344 g/mol. The highest BCUT2D eigenvalue weighted by atomic mass is 32.1. The molecule has 122 valence electrons. The number of aromatic amines is 1. The van der Waals surface area contributed by atoms with Crippen molar-refractivity contribution >= 4 is 44.5 Å². The summed E-state index contributed by atoms with van der Waals surface area (Å²) in [5.41, 5.74) is 7.11. The second-order valence-electron chi connectivity index (χ2n) is 5.12. The number of hydrogen-bond donors (Lipinski definition) is 3. The van der Waals surface area contributed by atoms with Crippen LogP contribution >= 0.6 is 11.3 Å². The van der Waals surface area contributed by atoms with Gasteiger partial charge in [-0.05, 0) is 24.6 Å². The van der Waals surface area contributed by atoms with Crippen LogP contribution in [0.25, 0.3) is 10.2 Å². The molecule has 0 saturated carbocycles. The van der Waals surface area contributed by atoms with E-state index in [2.05, 4.69) is 10.3 Å². The van der Waals surface area contributed by atoms with Gasteiger partial charge in [0.1, 0.15) is 9.71 Å². The molecule has 9 heteroatoms. The number of nitrogens with two attached hydrogens (primary N) is 1. The van der Waals surface area contributed by atoms with Crippen LogP contribution in [-0.4, -0.2) is 15.8 Å². The number of anilines is 2. The zero-order valence-electron chi connectivity index (χ0n) is 12.5. The van der Waals surface area contributed by atoms with Crippen LogP contribution in [0, 0.1) is 17.0 Å². The number of pyridine rings is 1. The second-order valence-corrected chi connectivity index (χ2v) is 6.14. The molecule has 0 fully saturated rings. The lowest BCUT2D eigenvalue weighted by atomic mass is 10.1. The number of nitro benzene ring substituents is 1. The fourth-order valence-electron chi connectivity index (χ4n) is 2.36. The van der Waals surface area contributed by atoms with Gasteiger partial charge in [0.25, 0.3) is 11.6 Å². The number of hydrogen-bond acceptors (Lipinski definition) is 6. The van der Waals surface area contributed by atoms with Crippen molar-refractivity contribution in [2.45, 2.75) is 6.92 Å². The zero-order valence-corrected chi connectivity index (χ0v) is 13.3. The van der Waals surface area contributed by atoms with Crippen LogP contribution in [-0.2, 0) is 0 Å². The Morgan fingerprint density at radius 3 is 2.62 bits per heavy atom. The van der Waals surface area contributed by atoms with E-state index in [0.29, 0.717) is 27.2 Å². The van der Waals surface area contributed by atoms with Gasteiger partial charge in [-0.15, -0.1) is 11.3 Å². The zero-order chi connectivity index (χ0) is 17.4. The predicted octanol–water partition coefficient (Wildman–Crippen LogP) is 2.64. The third kappa shape index (κ3) is 2.72. The second kappa shape index (κ2) is 5.78. The number of amides is 1. The Morgan fingerprint density at radius 2 is 2.00 bits per heavy atom. The van der Waals surface area contributed by atoms with Crippen molar-refractivity contribution in [3.05, 3.63) is 61.2 Å². The summed E-state index contributed by atoms with van der Waals surface area (Å²) in [6.45, 7) is 1.75. The van der Waals surface area contributed by atoms with Gasteiger partial charge in [-0.2, -0.15) is 0 Å². The molecule has 3 aromatic rings. The Labute approximate surface area is 139 Å². The summed E-state index contributed by atoms with van der Waals surface area (Å²) < 4.78 is 0. The highest BCUT2D eigenvalue weighted by Crippen LogP contribution is 2.34. The van der Waals surface area contributed by atoms with Crippen LogP contribution in [0.15, 0.2) is 35.1 Å². The van der Waals surface area contributed by atoms with E-state index >= 15 is 0 Å². The van der Waals surface area contributed by atoms with Crippen molar-refractivity contribution in [1.82, 2.24) is 4.98 Å². The number of carbonyl (C=O) groups excluding carboxylic acids is 1. The van der Waals surface area contributed by atoms with Crippen molar-refractivity contribution in [1.29, 1.82) is 0 Å². The number of rotatable bonds is 3. The van der Waals surface area contributed by atoms with Crippen LogP contribution in [0.1, 0.15) is 15.2 Å². The van der Waals surface area contributed by atoms with E-state index in [4.69, 9.17) is 5.73 Å². The van der Waals surface area contributed by atoms with E-state index in [9.17, 15) is 19.7 Å². The molecule has 0 unspecified atom stereocenters. The molecule has 0 aliphatic carbocycles. The molecule has 0 aliphatic heterocycles. The molecule has 2 heterocycles. The lowest BCUT2D eigenvalue weighted by molar-refractivity contribution is -0.384. The SMILES string of the molecule is Cc1cc(=O)[nH]c2sc(C(=O)Nc3ccc([N+](=O)[O-])cc3)c(N)c12. The van der Waals surface area contributed by atoms with Gasteiger partial charge in [0.2, 0.25) is 5.56 Å². The number of nitrogen functional groups attached to an aromatic ring is 1. The minimum Gasteiger partial charge on any atom is -0.397 e. The molecule has 1 amide bonds. The molecule has 0 radical (unpaired) electrons. The highest BCUT2D eigenvalue weighted by molar-refractivity contribution is 7.21. The topological polar surface area (TPSA) is 131 Å². The van der Waals surface area contributed by atoms with Crippen LogP contribution < -0.4 is 16.6 Å². The van der Waals surface area contributed by atoms with Gasteiger partial charge in [0.15, 0.2) is 0 Å². The number of H-pyrrole nitrogens is 1. The largest absolute Gasteiger partial charge is 0.397 e. The number of benzene rings is 1. The summed E-state index contributed by atoms with van der Waals surface area (Å²) in [6, 6.07) is 6.89. The van der Waals surface area contributed by atoms with Crippen molar-refractivity contribution in [2.75, 3.05) is 11.1 Å². The molecule has 0 atom stereocenters. The first-order valence-electron chi connectivity index (χ1n) is 6.84. The van der Waals surface area contributed by atoms with Gasteiger partial charge in [0.05, 0.1) is 10.6 Å². The van der Waals surface area contributed by atoms with Crippen LogP contribution in [0.3, 0.4) is 0 Å². The number of aromatic nitrogens is 1. The number of aryl methyl sites for hydroxylation is 1. The summed E-state index contributed by atoms with van der Waals surface area (Å²) in [7, 11) is 0. The van der Waals surface area contributed by atoms with Gasteiger partial charge in [0, 0.05) is 29.3 Å². The van der Waals surface area contributed by atoms with Crippen LogP contribution in [0.5, 0.6) is 0 Å². The van der Waals surface area contributed by atoms with Gasteiger partial charge in [-0.1, -0.05) is 0 Å². The number of non-ortho nitro benzene ring substituents is 1. The minimum absolute atomic E-state index is 0.0671. The van der Waals surface area contributed by atoms with E-state index in [0.717, 1.165) is 11.3 Å². The summed E-state index contributed by atoms with van der Waals surface area (Å²) in [5.74, 6) is -0.442. The van der Waals surface area contributed by atoms with Gasteiger partial charge in [-0.3, -0.25) is 19.7 Å². The quantitative estimate of drug-likeness (QED) is 0.496. The molecule has 24 heavy (non-hydrogen) atoms. The third-order valence-corrected chi connectivity index (χ3v) is 4.59. The van der Waals surface area contributed by atoms with Crippen LogP contribution in [0.4, 0.5) is 17.1 Å². The molecule has 0 saturated heterocycles. The monoisotopic (exact) mass is 344 g/mol. The molecule has 8 nitrogen and oxygen atoms in total. The van der Waals surface area contributed by atoms with Crippen LogP contribution in [0.2, 0.25) is 0 Å². The maximum atomic E-state index is 12.4. The third-order valence-electron chi connectivity index (χ3n) is 3.47. The smallest absolute Gasteiger partial charge is 0.269 e. The number of thiophene rings is 1. The Morgan fingerprint density at radius 1 is 1.33 bits per heavy atom. The first-order valence-corrected chi connectivity index (χ1v) is 7.66. The number of nitrogens with one attached hydrogen (secondary N) is 2. The average Bonchev–Trinajstić information content (AvgIpc) is 2.84. The Kier molecular flexibility index (Phi) is 3.78. The van der Waals surface area contributed by atoms with Gasteiger partial charge >= 0.3 is 0 Å². The van der Waals surface area contributed by atoms with Crippen molar-refractivity contribution < 1.29 is 9.72 Å². The molecule has 0 bridgehead atoms. The maximum Gasteiger partial charge on any atom is 0.269 e. The molecule has 0 spiro atoms. The molecule has 2 aromatic heterocycles. The highest BCUT2D eigenvalue weighted by Gasteiger charge is 2.19. The van der Waals surface area contributed by atoms with E-state index in [1.54, 1.807) is 6.92 Å². The lowest BCUT2D eigenvalue weighted by Gasteiger charge is -2.04. The van der Waals surface area contributed by atoms with Crippen molar-refractivity contribution in [2.24, 2.45) is 0 Å². The number of carbonyl (C=O) groups is 1. The Balaban J connectivity index is 1.94. The normalized spacial score (nSPS) is 10.7. The number of nitro groups is 1. The van der Waals surface area contributed by atoms with Crippen molar-refractivity contribution in [3.8, 4) is 0 Å². The number of fused-ring (bicyclic) bond motifs is 1. The summed E-state index contributed by atoms with van der Waals surface area (Å²) in [6.07, 6.45) is 0. The fraction of sp³-hybridized carbons (Fsp3) is 0.0667.